The van der Waals surface area contributed by atoms with Crippen molar-refractivity contribution in [3.05, 3.63) is 52.2 Å². The molecule has 0 atom stereocenters. The van der Waals surface area contributed by atoms with Crippen molar-refractivity contribution in [3.8, 4) is 5.88 Å². The van der Waals surface area contributed by atoms with E-state index in [1.54, 1.807) is 25.1 Å². The van der Waals surface area contributed by atoms with Crippen molar-refractivity contribution in [1.82, 2.24) is 4.98 Å². The summed E-state index contributed by atoms with van der Waals surface area (Å²) in [5.74, 6) is -0.801. The SMILES string of the molecule is Cc1cccc(NC(=O)c2cnc(OC(C)C)c(Cl)c2)c1C(N)=O. The average Bonchev–Trinajstić information content (AvgIpc) is 2.48. The zero-order valence-electron chi connectivity index (χ0n) is 13.6. The third-order valence-electron chi connectivity index (χ3n) is 3.18. The molecule has 0 bridgehead atoms. The molecule has 2 aromatic rings. The van der Waals surface area contributed by atoms with Gasteiger partial charge in [0.25, 0.3) is 11.8 Å². The maximum Gasteiger partial charge on any atom is 0.257 e. The van der Waals surface area contributed by atoms with Gasteiger partial charge in [0.15, 0.2) is 0 Å². The van der Waals surface area contributed by atoms with E-state index in [1.807, 2.05) is 13.8 Å². The molecule has 0 unspecified atom stereocenters. The first-order valence-electron chi connectivity index (χ1n) is 7.32. The summed E-state index contributed by atoms with van der Waals surface area (Å²) in [5, 5.41) is 2.89. The highest BCUT2D eigenvalue weighted by Crippen LogP contribution is 2.25. The quantitative estimate of drug-likeness (QED) is 0.868. The van der Waals surface area contributed by atoms with Gasteiger partial charge in [0.1, 0.15) is 5.02 Å². The lowest BCUT2D eigenvalue weighted by Crippen LogP contribution is -2.19. The number of benzene rings is 1. The van der Waals surface area contributed by atoms with Crippen LogP contribution in [0.5, 0.6) is 5.88 Å². The topological polar surface area (TPSA) is 94.3 Å². The lowest BCUT2D eigenvalue weighted by molar-refractivity contribution is 0.100. The molecule has 24 heavy (non-hydrogen) atoms. The number of primary amides is 1. The molecule has 0 aliphatic heterocycles. The number of carbonyl (C=O) groups is 2. The summed E-state index contributed by atoms with van der Waals surface area (Å²) in [6, 6.07) is 6.53. The molecule has 1 aromatic heterocycles. The highest BCUT2D eigenvalue weighted by Gasteiger charge is 2.16. The van der Waals surface area contributed by atoms with Crippen molar-refractivity contribution in [2.75, 3.05) is 5.32 Å². The normalized spacial score (nSPS) is 10.5. The van der Waals surface area contributed by atoms with Crippen molar-refractivity contribution in [2.45, 2.75) is 26.9 Å². The molecule has 0 aliphatic carbocycles. The Bertz CT molecular complexity index is 791. The van der Waals surface area contributed by atoms with E-state index in [9.17, 15) is 9.59 Å². The number of hydrogen-bond donors (Lipinski definition) is 2. The Morgan fingerprint density at radius 1 is 1.33 bits per heavy atom. The van der Waals surface area contributed by atoms with Gasteiger partial charge in [0.2, 0.25) is 5.88 Å². The zero-order valence-corrected chi connectivity index (χ0v) is 14.3. The van der Waals surface area contributed by atoms with Gasteiger partial charge in [-0.2, -0.15) is 0 Å². The van der Waals surface area contributed by atoms with Crippen molar-refractivity contribution < 1.29 is 14.3 Å². The number of aromatic nitrogens is 1. The Labute approximate surface area is 145 Å². The first-order chi connectivity index (χ1) is 11.3. The minimum absolute atomic E-state index is 0.0832. The van der Waals surface area contributed by atoms with Gasteiger partial charge in [-0.3, -0.25) is 9.59 Å². The number of halogens is 1. The van der Waals surface area contributed by atoms with Crippen molar-refractivity contribution in [1.29, 1.82) is 0 Å². The number of anilines is 1. The molecule has 0 fully saturated rings. The molecular weight excluding hydrogens is 330 g/mol. The second-order valence-electron chi connectivity index (χ2n) is 5.49. The van der Waals surface area contributed by atoms with E-state index in [1.165, 1.54) is 12.3 Å². The zero-order chi connectivity index (χ0) is 17.9. The van der Waals surface area contributed by atoms with Crippen molar-refractivity contribution >= 4 is 29.1 Å². The van der Waals surface area contributed by atoms with Gasteiger partial charge in [0.05, 0.1) is 22.9 Å². The summed E-state index contributed by atoms with van der Waals surface area (Å²) >= 11 is 6.09. The van der Waals surface area contributed by atoms with E-state index in [2.05, 4.69) is 10.3 Å². The summed E-state index contributed by atoms with van der Waals surface area (Å²) < 4.78 is 5.43. The van der Waals surface area contributed by atoms with Crippen LogP contribution in [0, 0.1) is 6.92 Å². The molecule has 2 rings (SSSR count). The minimum Gasteiger partial charge on any atom is -0.474 e. The largest absolute Gasteiger partial charge is 0.474 e. The highest BCUT2D eigenvalue weighted by atomic mass is 35.5. The van der Waals surface area contributed by atoms with Crippen LogP contribution in [-0.2, 0) is 0 Å². The number of pyridine rings is 1. The third-order valence-corrected chi connectivity index (χ3v) is 3.46. The molecule has 1 heterocycles. The van der Waals surface area contributed by atoms with E-state index in [0.717, 1.165) is 0 Å². The Balaban J connectivity index is 2.27. The number of amides is 2. The van der Waals surface area contributed by atoms with Gasteiger partial charge in [-0.05, 0) is 38.5 Å². The summed E-state index contributed by atoms with van der Waals surface area (Å²) in [4.78, 5) is 28.0. The predicted octanol–water partition coefficient (Wildman–Crippen LogP) is 3.18. The smallest absolute Gasteiger partial charge is 0.257 e. The summed E-state index contributed by atoms with van der Waals surface area (Å²) in [6.45, 7) is 5.44. The number of carbonyl (C=O) groups excluding carboxylic acids is 2. The van der Waals surface area contributed by atoms with Crippen LogP contribution in [0.1, 0.15) is 40.1 Å². The van der Waals surface area contributed by atoms with Gasteiger partial charge in [-0.1, -0.05) is 23.7 Å². The molecule has 1 aromatic carbocycles. The number of nitrogens with one attached hydrogen (secondary N) is 1. The summed E-state index contributed by atoms with van der Waals surface area (Å²) in [6.07, 6.45) is 1.28. The fourth-order valence-corrected chi connectivity index (χ4v) is 2.36. The summed E-state index contributed by atoms with van der Waals surface area (Å²) in [5.41, 5.74) is 6.91. The Hall–Kier alpha value is -2.60. The molecule has 2 amide bonds. The number of ether oxygens (including phenoxy) is 1. The van der Waals surface area contributed by atoms with E-state index in [4.69, 9.17) is 22.1 Å². The van der Waals surface area contributed by atoms with Gasteiger partial charge >= 0.3 is 0 Å². The molecule has 0 saturated carbocycles. The molecule has 0 radical (unpaired) electrons. The van der Waals surface area contributed by atoms with Gasteiger partial charge in [-0.25, -0.2) is 4.98 Å². The van der Waals surface area contributed by atoms with Crippen molar-refractivity contribution in [3.63, 3.8) is 0 Å². The number of hydrogen-bond acceptors (Lipinski definition) is 4. The molecule has 0 saturated heterocycles. The number of nitrogens with zero attached hydrogens (tertiary/aromatic N) is 1. The molecule has 6 nitrogen and oxygen atoms in total. The molecule has 3 N–H and O–H groups in total. The fourth-order valence-electron chi connectivity index (χ4n) is 2.15. The van der Waals surface area contributed by atoms with E-state index in [-0.39, 0.29) is 28.1 Å². The maximum atomic E-state index is 12.4. The lowest BCUT2D eigenvalue weighted by Gasteiger charge is -2.13. The monoisotopic (exact) mass is 347 g/mol. The molecular formula is C17H18ClN3O3. The van der Waals surface area contributed by atoms with Crippen LogP contribution in [0.2, 0.25) is 5.02 Å². The molecule has 0 spiro atoms. The van der Waals surface area contributed by atoms with E-state index >= 15 is 0 Å². The third kappa shape index (κ3) is 4.02. The maximum absolute atomic E-state index is 12.4. The van der Waals surface area contributed by atoms with Gasteiger partial charge in [-0.15, -0.1) is 0 Å². The predicted molar refractivity (Wildman–Crippen MR) is 92.7 cm³/mol. The second kappa shape index (κ2) is 7.31. The minimum atomic E-state index is -0.611. The highest BCUT2D eigenvalue weighted by molar-refractivity contribution is 6.32. The van der Waals surface area contributed by atoms with Crippen LogP contribution < -0.4 is 15.8 Å². The first kappa shape index (κ1) is 17.7. The second-order valence-corrected chi connectivity index (χ2v) is 5.90. The Morgan fingerprint density at radius 3 is 2.62 bits per heavy atom. The Morgan fingerprint density at radius 2 is 2.04 bits per heavy atom. The van der Waals surface area contributed by atoms with Crippen LogP contribution in [0.15, 0.2) is 30.5 Å². The molecule has 7 heteroatoms. The standard InChI is InChI=1S/C17H18ClN3O3/c1-9(2)24-17-12(18)7-11(8-20-17)16(23)21-13-6-4-5-10(3)14(13)15(19)22/h4-9H,1-3H3,(H2,19,22)(H,21,23). The summed E-state index contributed by atoms with van der Waals surface area (Å²) in [7, 11) is 0. The Kier molecular flexibility index (Phi) is 5.41. The number of nitrogens with two attached hydrogens (primary N) is 1. The first-order valence-corrected chi connectivity index (χ1v) is 7.70. The average molecular weight is 348 g/mol. The van der Waals surface area contributed by atoms with Crippen LogP contribution in [0.4, 0.5) is 5.69 Å². The van der Waals surface area contributed by atoms with Crippen LogP contribution in [0.25, 0.3) is 0 Å². The van der Waals surface area contributed by atoms with Crippen LogP contribution in [-0.4, -0.2) is 22.9 Å². The van der Waals surface area contributed by atoms with E-state index < -0.39 is 11.8 Å². The van der Waals surface area contributed by atoms with Crippen molar-refractivity contribution in [2.24, 2.45) is 5.73 Å². The molecule has 0 aliphatic rings. The fraction of sp³-hybridized carbons (Fsp3) is 0.235. The van der Waals surface area contributed by atoms with E-state index in [0.29, 0.717) is 11.3 Å². The van der Waals surface area contributed by atoms with Gasteiger partial charge < -0.3 is 15.8 Å². The van der Waals surface area contributed by atoms with Crippen LogP contribution >= 0.6 is 11.6 Å². The van der Waals surface area contributed by atoms with Gasteiger partial charge in [0, 0.05) is 6.20 Å². The lowest BCUT2D eigenvalue weighted by atomic mass is 10.1. The van der Waals surface area contributed by atoms with Crippen LogP contribution in [0.3, 0.4) is 0 Å². The molecule has 126 valence electrons. The number of aryl methyl sites for hydroxylation is 1. The number of rotatable bonds is 5.